The number of aromatic hydroxyl groups is 1. The van der Waals surface area contributed by atoms with Crippen LogP contribution in [0.15, 0.2) is 42.5 Å². The summed E-state index contributed by atoms with van der Waals surface area (Å²) in [7, 11) is 2.67. The van der Waals surface area contributed by atoms with Gasteiger partial charge in [-0.25, -0.2) is 4.79 Å². The van der Waals surface area contributed by atoms with Crippen molar-refractivity contribution in [2.45, 2.75) is 32.9 Å². The van der Waals surface area contributed by atoms with Crippen LogP contribution >= 0.6 is 0 Å². The van der Waals surface area contributed by atoms with E-state index >= 15 is 0 Å². The number of esters is 1. The lowest BCUT2D eigenvalue weighted by Crippen LogP contribution is -2.34. The summed E-state index contributed by atoms with van der Waals surface area (Å²) in [6, 6.07) is 10.9. The van der Waals surface area contributed by atoms with Crippen molar-refractivity contribution < 1.29 is 24.2 Å². The van der Waals surface area contributed by atoms with Crippen LogP contribution in [0.3, 0.4) is 0 Å². The second kappa shape index (κ2) is 9.82. The third-order valence-corrected chi connectivity index (χ3v) is 4.67. The zero-order valence-corrected chi connectivity index (χ0v) is 17.4. The van der Waals surface area contributed by atoms with E-state index in [9.17, 15) is 14.7 Å². The summed E-state index contributed by atoms with van der Waals surface area (Å²) >= 11 is 0. The van der Waals surface area contributed by atoms with Crippen LogP contribution < -0.4 is 15.0 Å². The van der Waals surface area contributed by atoms with Crippen molar-refractivity contribution in [3.8, 4) is 11.5 Å². The molecular formula is C22H28N2O5. The first-order valence-corrected chi connectivity index (χ1v) is 9.44. The lowest BCUT2D eigenvalue weighted by atomic mass is 10.1. The molecule has 1 atom stereocenters. The van der Waals surface area contributed by atoms with Crippen LogP contribution in [-0.4, -0.2) is 43.8 Å². The number of carbonyl (C=O) groups excluding carboxylic acids is 2. The first-order valence-electron chi connectivity index (χ1n) is 9.44. The highest BCUT2D eigenvalue weighted by Crippen LogP contribution is 2.29. The van der Waals surface area contributed by atoms with Crippen LogP contribution in [0, 0.1) is 0 Å². The number of hydrogen-bond acceptors (Lipinski definition) is 6. The van der Waals surface area contributed by atoms with Gasteiger partial charge in [0.25, 0.3) is 5.91 Å². The van der Waals surface area contributed by atoms with Gasteiger partial charge in [0.1, 0.15) is 0 Å². The SMILES string of the molecule is CCN(c1ccc(C(=O)N[C@H](C(=O)OC)c2ccc(OC)c(O)c2)cc1)C(C)C. The van der Waals surface area contributed by atoms with Crippen LogP contribution in [0.25, 0.3) is 0 Å². The van der Waals surface area contributed by atoms with Crippen molar-refractivity contribution in [1.29, 1.82) is 0 Å². The molecule has 0 aliphatic heterocycles. The van der Waals surface area contributed by atoms with Gasteiger partial charge < -0.3 is 24.8 Å². The van der Waals surface area contributed by atoms with Crippen LogP contribution in [0.2, 0.25) is 0 Å². The first-order chi connectivity index (χ1) is 13.8. The average Bonchev–Trinajstić information content (AvgIpc) is 2.72. The Hall–Kier alpha value is -3.22. The fraction of sp³-hybridized carbons (Fsp3) is 0.364. The van der Waals surface area contributed by atoms with Crippen molar-refractivity contribution in [2.75, 3.05) is 25.7 Å². The third kappa shape index (κ3) is 5.19. The van der Waals surface area contributed by atoms with E-state index in [-0.39, 0.29) is 11.5 Å². The summed E-state index contributed by atoms with van der Waals surface area (Å²) in [6.07, 6.45) is 0. The molecule has 156 valence electrons. The molecule has 7 heteroatoms. The zero-order chi connectivity index (χ0) is 21.6. The molecule has 0 spiro atoms. The highest BCUT2D eigenvalue weighted by atomic mass is 16.5. The number of rotatable bonds is 8. The van der Waals surface area contributed by atoms with Gasteiger partial charge in [-0.3, -0.25) is 4.79 Å². The lowest BCUT2D eigenvalue weighted by molar-refractivity contribution is -0.143. The largest absolute Gasteiger partial charge is 0.504 e. The fourth-order valence-electron chi connectivity index (χ4n) is 3.15. The molecule has 2 aromatic rings. The van der Waals surface area contributed by atoms with Crippen molar-refractivity contribution >= 4 is 17.6 Å². The second-order valence-electron chi connectivity index (χ2n) is 6.79. The van der Waals surface area contributed by atoms with Crippen molar-refractivity contribution in [1.82, 2.24) is 5.32 Å². The number of hydrogen-bond donors (Lipinski definition) is 2. The Bertz CT molecular complexity index is 849. The van der Waals surface area contributed by atoms with E-state index in [1.165, 1.54) is 26.4 Å². The molecule has 0 bridgehead atoms. The molecule has 2 aromatic carbocycles. The van der Waals surface area contributed by atoms with Gasteiger partial charge in [0.2, 0.25) is 0 Å². The Labute approximate surface area is 171 Å². The number of nitrogens with one attached hydrogen (secondary N) is 1. The van der Waals surface area contributed by atoms with E-state index in [0.29, 0.717) is 17.2 Å². The number of phenols is 1. The quantitative estimate of drug-likeness (QED) is 0.661. The Morgan fingerprint density at radius 3 is 2.24 bits per heavy atom. The minimum atomic E-state index is -1.06. The molecule has 0 aromatic heterocycles. The van der Waals surface area contributed by atoms with Crippen LogP contribution in [0.5, 0.6) is 11.5 Å². The smallest absolute Gasteiger partial charge is 0.333 e. The predicted molar refractivity (Wildman–Crippen MR) is 111 cm³/mol. The van der Waals surface area contributed by atoms with Crippen LogP contribution in [0.4, 0.5) is 5.69 Å². The van der Waals surface area contributed by atoms with Gasteiger partial charge in [0.05, 0.1) is 14.2 Å². The average molecular weight is 400 g/mol. The highest BCUT2D eigenvalue weighted by molar-refractivity contribution is 5.97. The van der Waals surface area contributed by atoms with E-state index < -0.39 is 17.9 Å². The van der Waals surface area contributed by atoms with Gasteiger partial charge in [-0.15, -0.1) is 0 Å². The topological polar surface area (TPSA) is 88.1 Å². The molecule has 0 aliphatic rings. The summed E-state index contributed by atoms with van der Waals surface area (Å²) in [5.41, 5.74) is 1.82. The summed E-state index contributed by atoms with van der Waals surface area (Å²) in [5, 5.41) is 12.7. The Kier molecular flexibility index (Phi) is 7.47. The standard InChI is InChI=1S/C22H28N2O5/c1-6-24(14(2)3)17-10-7-15(8-11-17)21(26)23-20(22(27)29-5)16-9-12-19(28-4)18(25)13-16/h7-14,20,25H,6H2,1-5H3,(H,23,26)/t20-/m0/s1. The minimum Gasteiger partial charge on any atom is -0.504 e. The van der Waals surface area contributed by atoms with Crippen molar-refractivity contribution in [3.05, 3.63) is 53.6 Å². The first kappa shape index (κ1) is 22.1. The Balaban J connectivity index is 2.24. The van der Waals surface area contributed by atoms with Gasteiger partial charge in [0, 0.05) is 23.8 Å². The molecule has 7 nitrogen and oxygen atoms in total. The van der Waals surface area contributed by atoms with Gasteiger partial charge >= 0.3 is 5.97 Å². The molecule has 29 heavy (non-hydrogen) atoms. The molecule has 0 saturated carbocycles. The maximum Gasteiger partial charge on any atom is 0.333 e. The number of amides is 1. The molecule has 0 aliphatic carbocycles. The van der Waals surface area contributed by atoms with E-state index in [1.54, 1.807) is 18.2 Å². The molecule has 1 amide bonds. The zero-order valence-electron chi connectivity index (χ0n) is 17.4. The van der Waals surface area contributed by atoms with Crippen molar-refractivity contribution in [2.24, 2.45) is 0 Å². The number of nitrogens with zero attached hydrogens (tertiary/aromatic N) is 1. The maximum absolute atomic E-state index is 12.7. The lowest BCUT2D eigenvalue weighted by Gasteiger charge is -2.27. The molecule has 2 N–H and O–H groups in total. The maximum atomic E-state index is 12.7. The molecule has 2 rings (SSSR count). The van der Waals surface area contributed by atoms with E-state index in [4.69, 9.17) is 9.47 Å². The Morgan fingerprint density at radius 1 is 1.10 bits per heavy atom. The number of phenolic OH excluding ortho intramolecular Hbond substituents is 1. The molecule has 0 fully saturated rings. The monoisotopic (exact) mass is 400 g/mol. The molecule has 0 radical (unpaired) electrons. The second-order valence-corrected chi connectivity index (χ2v) is 6.79. The van der Waals surface area contributed by atoms with E-state index in [1.807, 2.05) is 12.1 Å². The third-order valence-electron chi connectivity index (χ3n) is 4.67. The highest BCUT2D eigenvalue weighted by Gasteiger charge is 2.25. The van der Waals surface area contributed by atoms with Gasteiger partial charge in [-0.2, -0.15) is 0 Å². The number of ether oxygens (including phenoxy) is 2. The summed E-state index contributed by atoms with van der Waals surface area (Å²) in [6.45, 7) is 7.14. The van der Waals surface area contributed by atoms with E-state index in [0.717, 1.165) is 12.2 Å². The fourth-order valence-corrected chi connectivity index (χ4v) is 3.15. The normalized spacial score (nSPS) is 11.7. The predicted octanol–water partition coefficient (Wildman–Crippen LogP) is 3.28. The number of benzene rings is 2. The molecule has 0 unspecified atom stereocenters. The minimum absolute atomic E-state index is 0.133. The van der Waals surface area contributed by atoms with Gasteiger partial charge in [0.15, 0.2) is 17.5 Å². The number of methoxy groups -OCH3 is 2. The number of anilines is 1. The van der Waals surface area contributed by atoms with Gasteiger partial charge in [-0.1, -0.05) is 6.07 Å². The van der Waals surface area contributed by atoms with Gasteiger partial charge in [-0.05, 0) is 62.7 Å². The molecule has 0 saturated heterocycles. The summed E-state index contributed by atoms with van der Waals surface area (Å²) in [5.74, 6) is -0.929. The van der Waals surface area contributed by atoms with Crippen LogP contribution in [0.1, 0.15) is 42.7 Å². The molecule has 0 heterocycles. The van der Waals surface area contributed by atoms with E-state index in [2.05, 4.69) is 31.0 Å². The van der Waals surface area contributed by atoms with Crippen molar-refractivity contribution in [3.63, 3.8) is 0 Å². The summed E-state index contributed by atoms with van der Waals surface area (Å²) in [4.78, 5) is 27.2. The number of carbonyl (C=O) groups is 2. The molecular weight excluding hydrogens is 372 g/mol. The summed E-state index contributed by atoms with van der Waals surface area (Å²) < 4.78 is 9.83. The Morgan fingerprint density at radius 2 is 1.76 bits per heavy atom. The van der Waals surface area contributed by atoms with Crippen LogP contribution in [-0.2, 0) is 9.53 Å².